The predicted octanol–water partition coefficient (Wildman–Crippen LogP) is 3.41. The van der Waals surface area contributed by atoms with Gasteiger partial charge in [-0.25, -0.2) is 4.79 Å². The van der Waals surface area contributed by atoms with E-state index in [1.54, 1.807) is 0 Å². The molecule has 2 N–H and O–H groups in total. The van der Waals surface area contributed by atoms with Gasteiger partial charge in [0.15, 0.2) is 0 Å². The number of carbonyl (C=O) groups excluding carboxylic acids is 3. The van der Waals surface area contributed by atoms with Crippen molar-refractivity contribution in [2.24, 2.45) is 41.4 Å². The van der Waals surface area contributed by atoms with Crippen molar-refractivity contribution in [1.29, 1.82) is 0 Å². The number of carbonyl (C=O) groups is 4. The quantitative estimate of drug-likeness (QED) is 0.448. The molecular formula is C27H35NO8. The van der Waals surface area contributed by atoms with Crippen LogP contribution in [0.4, 0.5) is 4.79 Å². The fourth-order valence-electron chi connectivity index (χ4n) is 7.00. The number of benzene rings is 1. The first-order valence-corrected chi connectivity index (χ1v) is 12.7. The summed E-state index contributed by atoms with van der Waals surface area (Å²) >= 11 is 0. The molecule has 4 fully saturated rings. The van der Waals surface area contributed by atoms with E-state index in [2.05, 4.69) is 10.1 Å². The van der Waals surface area contributed by atoms with Crippen LogP contribution in [0.5, 0.6) is 0 Å². The summed E-state index contributed by atoms with van der Waals surface area (Å²) in [7, 11) is 2.73. The molecule has 4 bridgehead atoms. The highest BCUT2D eigenvalue weighted by atomic mass is 16.5. The maximum Gasteiger partial charge on any atom is 0.407 e. The largest absolute Gasteiger partial charge is 0.481 e. The molecule has 36 heavy (non-hydrogen) atoms. The predicted molar refractivity (Wildman–Crippen MR) is 127 cm³/mol. The number of carboxylic acid groups (broad SMARTS) is 1. The molecular weight excluding hydrogens is 466 g/mol. The van der Waals surface area contributed by atoms with Gasteiger partial charge in [-0.15, -0.1) is 0 Å². The maximum atomic E-state index is 12.0. The number of nitrogens with one attached hydrogen (secondary N) is 1. The normalized spacial score (nSPS) is 33.3. The Morgan fingerprint density at radius 3 is 1.94 bits per heavy atom. The molecule has 5 rings (SSSR count). The van der Waals surface area contributed by atoms with Crippen LogP contribution in [0.25, 0.3) is 0 Å². The molecule has 1 aromatic carbocycles. The third-order valence-electron chi connectivity index (χ3n) is 8.56. The van der Waals surface area contributed by atoms with Gasteiger partial charge in [-0.2, -0.15) is 0 Å². The molecule has 1 amide bonds. The summed E-state index contributed by atoms with van der Waals surface area (Å²) in [6.45, 7) is 0.233. The zero-order valence-corrected chi connectivity index (χ0v) is 20.8. The zero-order valence-electron chi connectivity index (χ0n) is 20.8. The Bertz CT molecular complexity index is 966. The molecule has 196 valence electrons. The Balaban J connectivity index is 0.000000187. The molecule has 0 spiro atoms. The van der Waals surface area contributed by atoms with Gasteiger partial charge in [0.2, 0.25) is 0 Å². The Morgan fingerprint density at radius 2 is 1.33 bits per heavy atom. The number of amides is 1. The van der Waals surface area contributed by atoms with Gasteiger partial charge < -0.3 is 24.6 Å². The minimum Gasteiger partial charge on any atom is -0.481 e. The molecule has 0 aromatic heterocycles. The van der Waals surface area contributed by atoms with E-state index in [9.17, 15) is 19.2 Å². The van der Waals surface area contributed by atoms with E-state index in [4.69, 9.17) is 14.6 Å². The number of esters is 2. The van der Waals surface area contributed by atoms with Crippen LogP contribution in [0.3, 0.4) is 0 Å². The Hall–Kier alpha value is -3.10. The number of hydrogen-bond donors (Lipinski definition) is 2. The van der Waals surface area contributed by atoms with Gasteiger partial charge >= 0.3 is 24.0 Å². The molecule has 9 heteroatoms. The lowest BCUT2D eigenvalue weighted by Crippen LogP contribution is -2.47. The summed E-state index contributed by atoms with van der Waals surface area (Å²) in [6, 6.07) is 9.37. The Morgan fingerprint density at radius 1 is 0.806 bits per heavy atom. The van der Waals surface area contributed by atoms with Gasteiger partial charge in [0.05, 0.1) is 32.0 Å². The van der Waals surface area contributed by atoms with E-state index in [1.165, 1.54) is 14.2 Å². The molecule has 4 aliphatic carbocycles. The van der Waals surface area contributed by atoms with E-state index >= 15 is 0 Å². The van der Waals surface area contributed by atoms with Crippen LogP contribution in [-0.4, -0.2) is 49.4 Å². The molecule has 4 saturated carbocycles. The lowest BCUT2D eigenvalue weighted by atomic mass is 9.79. The van der Waals surface area contributed by atoms with Crippen LogP contribution in [0.2, 0.25) is 0 Å². The van der Waals surface area contributed by atoms with Crippen LogP contribution in [-0.2, 0) is 35.2 Å². The van der Waals surface area contributed by atoms with Crippen LogP contribution < -0.4 is 5.32 Å². The average Bonchev–Trinajstić information content (AvgIpc) is 3.68. The number of hydrogen-bond acceptors (Lipinski definition) is 7. The highest BCUT2D eigenvalue weighted by Crippen LogP contribution is 2.52. The van der Waals surface area contributed by atoms with Crippen molar-refractivity contribution in [3.05, 3.63) is 35.9 Å². The fraction of sp³-hybridized carbons (Fsp3) is 0.630. The second kappa shape index (κ2) is 11.3. The van der Waals surface area contributed by atoms with Crippen molar-refractivity contribution in [3.63, 3.8) is 0 Å². The van der Waals surface area contributed by atoms with Crippen molar-refractivity contribution in [1.82, 2.24) is 5.32 Å². The van der Waals surface area contributed by atoms with E-state index < -0.39 is 23.9 Å². The number of fused-ring (bicyclic) bond motifs is 4. The van der Waals surface area contributed by atoms with Crippen LogP contribution in [0, 0.1) is 41.4 Å². The number of ether oxygens (including phenoxy) is 3. The minimum absolute atomic E-state index is 0.158. The van der Waals surface area contributed by atoms with Crippen molar-refractivity contribution < 1.29 is 38.5 Å². The van der Waals surface area contributed by atoms with Crippen molar-refractivity contribution in [2.45, 2.75) is 51.2 Å². The zero-order chi connectivity index (χ0) is 25.8. The number of methoxy groups -OCH3 is 2. The molecule has 1 aromatic rings. The molecule has 4 aliphatic rings. The third kappa shape index (κ3) is 5.34. The van der Waals surface area contributed by atoms with E-state index in [1.807, 2.05) is 30.3 Å². The van der Waals surface area contributed by atoms with Crippen LogP contribution in [0.1, 0.15) is 44.1 Å². The summed E-state index contributed by atoms with van der Waals surface area (Å²) < 4.78 is 14.8. The van der Waals surface area contributed by atoms with E-state index in [0.29, 0.717) is 11.8 Å². The first-order valence-electron chi connectivity index (χ1n) is 12.7. The molecule has 0 radical (unpaired) electrons. The summed E-state index contributed by atoms with van der Waals surface area (Å²) in [6.07, 6.45) is 5.45. The lowest BCUT2D eigenvalue weighted by molar-refractivity contribution is -0.158. The fourth-order valence-corrected chi connectivity index (χ4v) is 7.00. The van der Waals surface area contributed by atoms with Crippen molar-refractivity contribution >= 4 is 24.0 Å². The van der Waals surface area contributed by atoms with E-state index in [-0.39, 0.29) is 42.3 Å². The SMILES string of the molecule is COC(=O)[C@@H]1C2CCC(C2)[C@H]1C(=O)O.COC(=O)[C@@H]1C2CCC(C2)[C@H]1NC(=O)OCc1ccccc1. The highest BCUT2D eigenvalue weighted by Gasteiger charge is 2.54. The molecule has 8 atom stereocenters. The Labute approximate surface area is 210 Å². The standard InChI is InChI=1S/C17H21NO4.C10H14O4/c1-21-16(19)14-12-7-8-13(9-12)15(14)18-17(20)22-10-11-5-3-2-4-6-11;1-14-10(13)8-6-3-2-5(4-6)7(8)9(11)12/h2-6,12-15H,7-10H2,1H3,(H,18,20);5-8H,2-4H2,1H3,(H,11,12)/t12?,13?,14-,15-;5?,6?,7-,8-/m11/s1. The summed E-state index contributed by atoms with van der Waals surface area (Å²) in [4.78, 5) is 46.4. The topological polar surface area (TPSA) is 128 Å². The van der Waals surface area contributed by atoms with E-state index in [0.717, 1.165) is 44.1 Å². The van der Waals surface area contributed by atoms with Gasteiger partial charge in [-0.3, -0.25) is 14.4 Å². The number of aliphatic carboxylic acids is 1. The van der Waals surface area contributed by atoms with Crippen LogP contribution in [0.15, 0.2) is 30.3 Å². The summed E-state index contributed by atoms with van der Waals surface area (Å²) in [5.74, 6) is -1.39. The number of alkyl carbamates (subject to hydrolysis) is 1. The van der Waals surface area contributed by atoms with Gasteiger partial charge in [-0.1, -0.05) is 30.3 Å². The number of rotatable bonds is 6. The van der Waals surface area contributed by atoms with Gasteiger partial charge in [0.25, 0.3) is 0 Å². The highest BCUT2D eigenvalue weighted by molar-refractivity contribution is 5.82. The van der Waals surface area contributed by atoms with Crippen molar-refractivity contribution in [3.8, 4) is 0 Å². The monoisotopic (exact) mass is 501 g/mol. The smallest absolute Gasteiger partial charge is 0.407 e. The lowest BCUT2D eigenvalue weighted by Gasteiger charge is -2.29. The average molecular weight is 502 g/mol. The number of carboxylic acids is 1. The summed E-state index contributed by atoms with van der Waals surface area (Å²) in [5.41, 5.74) is 0.940. The Kier molecular flexibility index (Phi) is 8.16. The first-order chi connectivity index (χ1) is 17.3. The first kappa shape index (κ1) is 26.0. The van der Waals surface area contributed by atoms with Gasteiger partial charge in [0.1, 0.15) is 6.61 Å². The molecule has 0 heterocycles. The van der Waals surface area contributed by atoms with Crippen molar-refractivity contribution in [2.75, 3.05) is 14.2 Å². The molecule has 4 unspecified atom stereocenters. The molecule has 0 saturated heterocycles. The molecule has 0 aliphatic heterocycles. The maximum absolute atomic E-state index is 12.0. The summed E-state index contributed by atoms with van der Waals surface area (Å²) in [5, 5.41) is 11.9. The molecule has 9 nitrogen and oxygen atoms in total. The second-order valence-electron chi connectivity index (χ2n) is 10.4. The van der Waals surface area contributed by atoms with Gasteiger partial charge in [0, 0.05) is 6.04 Å². The third-order valence-corrected chi connectivity index (χ3v) is 8.56. The van der Waals surface area contributed by atoms with Gasteiger partial charge in [-0.05, 0) is 67.8 Å². The second-order valence-corrected chi connectivity index (χ2v) is 10.4. The minimum atomic E-state index is -0.840. The van der Waals surface area contributed by atoms with Crippen LogP contribution >= 0.6 is 0 Å².